The summed E-state index contributed by atoms with van der Waals surface area (Å²) >= 11 is 3.24. The van der Waals surface area contributed by atoms with Crippen LogP contribution in [0.2, 0.25) is 0 Å². The molecule has 0 aliphatic heterocycles. The van der Waals surface area contributed by atoms with Crippen molar-refractivity contribution < 1.29 is 17.9 Å². The molecule has 0 saturated carbocycles. The van der Waals surface area contributed by atoms with Crippen LogP contribution < -0.4 is 10.5 Å². The van der Waals surface area contributed by atoms with E-state index >= 15 is 0 Å². The number of halogens is 4. The second-order valence-corrected chi connectivity index (χ2v) is 5.63. The Kier molecular flexibility index (Phi) is 5.81. The Hall–Kier alpha value is -0.400. The maximum Gasteiger partial charge on any atom is 0.441 e. The third-order valence-corrected chi connectivity index (χ3v) is 3.29. The van der Waals surface area contributed by atoms with Crippen LogP contribution in [0.25, 0.3) is 0 Å². The lowest BCUT2D eigenvalue weighted by Gasteiger charge is -2.14. The molecule has 1 rings (SSSR count). The second-order valence-electron chi connectivity index (χ2n) is 3.56. The summed E-state index contributed by atoms with van der Waals surface area (Å²) < 4.78 is 42.1. The molecule has 0 unspecified atom stereocenters. The van der Waals surface area contributed by atoms with E-state index in [0.29, 0.717) is 5.75 Å². The van der Waals surface area contributed by atoms with Crippen LogP contribution >= 0.6 is 27.7 Å². The van der Waals surface area contributed by atoms with Crippen molar-refractivity contribution in [2.24, 2.45) is 5.73 Å². The highest BCUT2D eigenvalue weighted by atomic mass is 79.9. The first-order valence-corrected chi connectivity index (χ1v) is 6.94. The van der Waals surface area contributed by atoms with E-state index in [1.807, 2.05) is 13.0 Å². The average molecular weight is 344 g/mol. The van der Waals surface area contributed by atoms with Crippen molar-refractivity contribution in [1.82, 2.24) is 0 Å². The summed E-state index contributed by atoms with van der Waals surface area (Å²) in [7, 11) is 0. The summed E-state index contributed by atoms with van der Waals surface area (Å²) in [5, 5.41) is 0. The van der Waals surface area contributed by atoms with E-state index in [4.69, 9.17) is 10.5 Å². The largest absolute Gasteiger partial charge is 0.492 e. The highest BCUT2D eigenvalue weighted by Crippen LogP contribution is 2.31. The van der Waals surface area contributed by atoms with E-state index in [1.54, 1.807) is 6.07 Å². The summed E-state index contributed by atoms with van der Waals surface area (Å²) in [6.45, 7) is 2.11. The predicted molar refractivity (Wildman–Crippen MR) is 70.8 cm³/mol. The molecule has 0 saturated heterocycles. The summed E-state index contributed by atoms with van der Waals surface area (Å²) in [4.78, 5) is 0. The van der Waals surface area contributed by atoms with Crippen LogP contribution in [0.4, 0.5) is 13.2 Å². The lowest BCUT2D eigenvalue weighted by molar-refractivity contribution is -0.0329. The molecule has 7 heteroatoms. The van der Waals surface area contributed by atoms with Gasteiger partial charge >= 0.3 is 5.51 Å². The van der Waals surface area contributed by atoms with E-state index in [0.717, 1.165) is 15.6 Å². The Labute approximate surface area is 116 Å². The van der Waals surface area contributed by atoms with E-state index in [-0.39, 0.29) is 30.7 Å². The third-order valence-electron chi connectivity index (χ3n) is 2.13. The van der Waals surface area contributed by atoms with E-state index in [9.17, 15) is 13.2 Å². The van der Waals surface area contributed by atoms with E-state index in [1.165, 1.54) is 0 Å². The maximum atomic E-state index is 11.9. The average Bonchev–Trinajstić information content (AvgIpc) is 2.24. The number of alkyl halides is 3. The van der Waals surface area contributed by atoms with Crippen molar-refractivity contribution in [2.45, 2.75) is 19.0 Å². The van der Waals surface area contributed by atoms with Gasteiger partial charge in [-0.15, -0.1) is 0 Å². The minimum absolute atomic E-state index is 0.000348. The molecule has 1 aromatic rings. The van der Waals surface area contributed by atoms with Crippen molar-refractivity contribution in [1.29, 1.82) is 0 Å². The van der Waals surface area contributed by atoms with E-state index < -0.39 is 5.51 Å². The number of ether oxygens (including phenoxy) is 1. The first kappa shape index (κ1) is 15.7. The van der Waals surface area contributed by atoms with Gasteiger partial charge in [0.2, 0.25) is 0 Å². The molecule has 0 heterocycles. The van der Waals surface area contributed by atoms with Crippen molar-refractivity contribution in [3.8, 4) is 5.75 Å². The standard InChI is InChI=1S/C11H13BrF3NOS/c1-7-4-9(12)5-8(6-16)10(7)17-2-3-18-11(13,14)15/h4-5H,2-3,6,16H2,1H3. The minimum Gasteiger partial charge on any atom is -0.492 e. The van der Waals surface area contributed by atoms with Gasteiger partial charge < -0.3 is 10.5 Å². The SMILES string of the molecule is Cc1cc(Br)cc(CN)c1OCCSC(F)(F)F. The van der Waals surface area contributed by atoms with Crippen LogP contribution in [0.3, 0.4) is 0 Å². The normalized spacial score (nSPS) is 11.7. The Morgan fingerprint density at radius 1 is 1.39 bits per heavy atom. The number of thioether (sulfide) groups is 1. The molecule has 2 N–H and O–H groups in total. The van der Waals surface area contributed by atoms with Crippen molar-refractivity contribution in [2.75, 3.05) is 12.4 Å². The highest BCUT2D eigenvalue weighted by Gasteiger charge is 2.27. The molecule has 0 aliphatic rings. The van der Waals surface area contributed by atoms with Crippen LogP contribution in [-0.4, -0.2) is 17.9 Å². The van der Waals surface area contributed by atoms with Crippen molar-refractivity contribution >= 4 is 27.7 Å². The molecule has 0 fully saturated rings. The van der Waals surface area contributed by atoms with E-state index in [2.05, 4.69) is 15.9 Å². The third kappa shape index (κ3) is 5.07. The fourth-order valence-corrected chi connectivity index (χ4v) is 2.48. The van der Waals surface area contributed by atoms with Crippen LogP contribution in [0.1, 0.15) is 11.1 Å². The van der Waals surface area contributed by atoms with Crippen molar-refractivity contribution in [3.63, 3.8) is 0 Å². The van der Waals surface area contributed by atoms with Crippen LogP contribution in [-0.2, 0) is 6.54 Å². The maximum absolute atomic E-state index is 11.9. The quantitative estimate of drug-likeness (QED) is 0.824. The molecule has 0 atom stereocenters. The Morgan fingerprint density at radius 2 is 2.06 bits per heavy atom. The minimum atomic E-state index is -4.21. The molecule has 1 aromatic carbocycles. The van der Waals surface area contributed by atoms with Gasteiger partial charge in [-0.05, 0) is 36.4 Å². The summed E-state index contributed by atoms with van der Waals surface area (Å²) in [5.74, 6) is 0.437. The molecule has 0 spiro atoms. The van der Waals surface area contributed by atoms with Crippen molar-refractivity contribution in [3.05, 3.63) is 27.7 Å². The molecule has 0 aliphatic carbocycles. The molecule has 0 aromatic heterocycles. The highest BCUT2D eigenvalue weighted by molar-refractivity contribution is 9.10. The molecule has 2 nitrogen and oxygen atoms in total. The van der Waals surface area contributed by atoms with Crippen LogP contribution in [0, 0.1) is 6.92 Å². The van der Waals surface area contributed by atoms with Gasteiger partial charge in [-0.3, -0.25) is 0 Å². The second kappa shape index (κ2) is 6.68. The zero-order chi connectivity index (χ0) is 13.8. The zero-order valence-corrected chi connectivity index (χ0v) is 12.1. The Bertz CT molecular complexity index is 412. The van der Waals surface area contributed by atoms with Crippen LogP contribution in [0.15, 0.2) is 16.6 Å². The Morgan fingerprint density at radius 3 is 2.61 bits per heavy atom. The molecular weight excluding hydrogens is 331 g/mol. The summed E-state index contributed by atoms with van der Waals surface area (Å²) in [5.41, 5.74) is 2.99. The van der Waals surface area contributed by atoms with Gasteiger partial charge in [0, 0.05) is 22.3 Å². The molecular formula is C11H13BrF3NOS. The summed E-state index contributed by atoms with van der Waals surface area (Å²) in [6.07, 6.45) is 0. The number of rotatable bonds is 5. The van der Waals surface area contributed by atoms with Gasteiger partial charge in [-0.2, -0.15) is 13.2 Å². The molecule has 18 heavy (non-hydrogen) atoms. The van der Waals surface area contributed by atoms with Crippen LogP contribution in [0.5, 0.6) is 5.75 Å². The molecule has 0 radical (unpaired) electrons. The fraction of sp³-hybridized carbons (Fsp3) is 0.455. The van der Waals surface area contributed by atoms with Gasteiger partial charge in [0.1, 0.15) is 5.75 Å². The van der Waals surface area contributed by atoms with Gasteiger partial charge in [0.05, 0.1) is 6.61 Å². The topological polar surface area (TPSA) is 35.2 Å². The predicted octanol–water partition coefficient (Wildman–Crippen LogP) is 3.85. The molecule has 0 bridgehead atoms. The van der Waals surface area contributed by atoms with Gasteiger partial charge in [-0.1, -0.05) is 15.9 Å². The smallest absolute Gasteiger partial charge is 0.441 e. The monoisotopic (exact) mass is 343 g/mol. The Balaban J connectivity index is 2.62. The molecule has 102 valence electrons. The number of nitrogens with two attached hydrogens (primary N) is 1. The first-order chi connectivity index (χ1) is 8.33. The number of hydrogen-bond donors (Lipinski definition) is 1. The lowest BCUT2D eigenvalue weighted by atomic mass is 10.1. The zero-order valence-electron chi connectivity index (χ0n) is 9.68. The number of hydrogen-bond acceptors (Lipinski definition) is 3. The van der Waals surface area contributed by atoms with Gasteiger partial charge in [0.25, 0.3) is 0 Å². The number of benzene rings is 1. The number of aryl methyl sites for hydroxylation is 1. The first-order valence-electron chi connectivity index (χ1n) is 5.16. The molecule has 0 amide bonds. The van der Waals surface area contributed by atoms with Gasteiger partial charge in [-0.25, -0.2) is 0 Å². The fourth-order valence-electron chi connectivity index (χ4n) is 1.46. The van der Waals surface area contributed by atoms with Gasteiger partial charge in [0.15, 0.2) is 0 Å². The summed E-state index contributed by atoms with van der Waals surface area (Å²) in [6, 6.07) is 3.64. The lowest BCUT2D eigenvalue weighted by Crippen LogP contribution is -2.10.